The van der Waals surface area contributed by atoms with Crippen LogP contribution in [0.4, 0.5) is 11.4 Å². The lowest BCUT2D eigenvalue weighted by molar-refractivity contribution is -0.120. The normalized spacial score (nSPS) is 13.7. The van der Waals surface area contributed by atoms with Gasteiger partial charge >= 0.3 is 0 Å². The van der Waals surface area contributed by atoms with Crippen molar-refractivity contribution in [3.63, 3.8) is 0 Å². The number of aryl methyl sites for hydroxylation is 3. The first-order valence-corrected chi connectivity index (χ1v) is 10.1. The molecule has 156 valence electrons. The number of nitrogens with zero attached hydrogens (tertiary/aromatic N) is 1. The Labute approximate surface area is 182 Å². The van der Waals surface area contributed by atoms with Crippen LogP contribution in [0.1, 0.15) is 22.3 Å². The number of ether oxygens (including phenoxy) is 1. The molecule has 0 fully saturated rings. The summed E-state index contributed by atoms with van der Waals surface area (Å²) in [6.45, 7) is 6.03. The van der Waals surface area contributed by atoms with E-state index in [2.05, 4.69) is 5.32 Å². The number of amides is 2. The molecule has 0 aromatic heterocycles. The number of carbonyl (C=O) groups is 2. The molecule has 0 aliphatic carbocycles. The number of nitrogens with one attached hydrogen (secondary N) is 1. The summed E-state index contributed by atoms with van der Waals surface area (Å²) in [6.07, 6.45) is 0. The topological polar surface area (TPSA) is 58.6 Å². The lowest BCUT2D eigenvalue weighted by Gasteiger charge is -2.18. The van der Waals surface area contributed by atoms with Crippen molar-refractivity contribution in [2.24, 2.45) is 0 Å². The van der Waals surface area contributed by atoms with E-state index in [1.165, 1.54) is 12.0 Å². The Morgan fingerprint density at radius 2 is 1.52 bits per heavy atom. The smallest absolute Gasteiger partial charge is 0.282 e. The second kappa shape index (κ2) is 8.11. The molecule has 1 heterocycles. The van der Waals surface area contributed by atoms with Crippen LogP contribution in [0.2, 0.25) is 0 Å². The lowest BCUT2D eigenvalue weighted by atomic mass is 10.0. The molecule has 0 bridgehead atoms. The number of benzene rings is 3. The van der Waals surface area contributed by atoms with Gasteiger partial charge < -0.3 is 10.1 Å². The highest BCUT2D eigenvalue weighted by atomic mass is 16.5. The molecule has 2 amide bonds. The van der Waals surface area contributed by atoms with Crippen molar-refractivity contribution in [2.45, 2.75) is 20.8 Å². The summed E-state index contributed by atoms with van der Waals surface area (Å²) in [5.41, 5.74) is 5.78. The van der Waals surface area contributed by atoms with Crippen LogP contribution < -0.4 is 15.0 Å². The molecular weight excluding hydrogens is 388 g/mol. The van der Waals surface area contributed by atoms with Gasteiger partial charge in [-0.25, -0.2) is 4.90 Å². The SMILES string of the molecule is COc1ccccc1N1C(=O)C(Nc2ccc(C)c(C)c2)=C(c2ccc(C)cc2)C1=O. The number of para-hydroxylation sites is 2. The molecule has 3 aromatic carbocycles. The molecule has 4 rings (SSSR count). The molecule has 31 heavy (non-hydrogen) atoms. The molecular formula is C26H24N2O3. The minimum Gasteiger partial charge on any atom is -0.495 e. The molecule has 1 aliphatic rings. The van der Waals surface area contributed by atoms with Crippen LogP contribution in [0.15, 0.2) is 72.4 Å². The summed E-state index contributed by atoms with van der Waals surface area (Å²) in [5.74, 6) is -0.340. The van der Waals surface area contributed by atoms with Crippen LogP contribution in [-0.2, 0) is 9.59 Å². The maximum absolute atomic E-state index is 13.5. The molecule has 0 saturated carbocycles. The van der Waals surface area contributed by atoms with Gasteiger partial charge in [-0.1, -0.05) is 48.0 Å². The van der Waals surface area contributed by atoms with Gasteiger partial charge in [-0.2, -0.15) is 0 Å². The third kappa shape index (κ3) is 3.70. The van der Waals surface area contributed by atoms with Crippen LogP contribution in [0.5, 0.6) is 5.75 Å². The first-order chi connectivity index (χ1) is 14.9. The van der Waals surface area contributed by atoms with Crippen LogP contribution in [0, 0.1) is 20.8 Å². The Morgan fingerprint density at radius 3 is 2.19 bits per heavy atom. The van der Waals surface area contributed by atoms with E-state index in [0.29, 0.717) is 22.6 Å². The Bertz CT molecular complexity index is 1210. The highest BCUT2D eigenvalue weighted by molar-refractivity contribution is 6.46. The van der Waals surface area contributed by atoms with Gasteiger partial charge in [-0.3, -0.25) is 9.59 Å². The first-order valence-electron chi connectivity index (χ1n) is 10.1. The van der Waals surface area contributed by atoms with Gasteiger partial charge in [0.05, 0.1) is 18.4 Å². The second-order valence-electron chi connectivity index (χ2n) is 7.66. The molecule has 0 atom stereocenters. The second-order valence-corrected chi connectivity index (χ2v) is 7.66. The van der Waals surface area contributed by atoms with E-state index in [-0.39, 0.29) is 11.6 Å². The summed E-state index contributed by atoms with van der Waals surface area (Å²) >= 11 is 0. The number of hydrogen-bond acceptors (Lipinski definition) is 4. The van der Waals surface area contributed by atoms with Gasteiger partial charge in [0.25, 0.3) is 11.8 Å². The summed E-state index contributed by atoms with van der Waals surface area (Å²) in [5, 5.41) is 3.22. The lowest BCUT2D eigenvalue weighted by Crippen LogP contribution is -2.32. The van der Waals surface area contributed by atoms with Gasteiger partial charge in [-0.05, 0) is 61.7 Å². The highest BCUT2D eigenvalue weighted by Gasteiger charge is 2.41. The van der Waals surface area contributed by atoms with Crippen molar-refractivity contribution >= 4 is 28.8 Å². The van der Waals surface area contributed by atoms with E-state index in [1.807, 2.05) is 63.2 Å². The fourth-order valence-electron chi connectivity index (χ4n) is 3.63. The van der Waals surface area contributed by atoms with E-state index in [9.17, 15) is 9.59 Å². The maximum atomic E-state index is 13.5. The van der Waals surface area contributed by atoms with E-state index >= 15 is 0 Å². The Morgan fingerprint density at radius 1 is 0.806 bits per heavy atom. The van der Waals surface area contributed by atoms with Crippen LogP contribution in [0.3, 0.4) is 0 Å². The largest absolute Gasteiger partial charge is 0.495 e. The van der Waals surface area contributed by atoms with Crippen molar-refractivity contribution in [2.75, 3.05) is 17.3 Å². The predicted octanol–water partition coefficient (Wildman–Crippen LogP) is 5.02. The third-order valence-electron chi connectivity index (χ3n) is 5.53. The molecule has 5 nitrogen and oxygen atoms in total. The molecule has 0 spiro atoms. The molecule has 0 radical (unpaired) electrons. The molecule has 1 N–H and O–H groups in total. The fourth-order valence-corrected chi connectivity index (χ4v) is 3.63. The predicted molar refractivity (Wildman–Crippen MR) is 123 cm³/mol. The van der Waals surface area contributed by atoms with E-state index in [1.54, 1.807) is 24.3 Å². The zero-order valence-corrected chi connectivity index (χ0v) is 18.0. The van der Waals surface area contributed by atoms with E-state index < -0.39 is 5.91 Å². The van der Waals surface area contributed by atoms with Crippen LogP contribution in [-0.4, -0.2) is 18.9 Å². The number of carbonyl (C=O) groups excluding carboxylic acids is 2. The van der Waals surface area contributed by atoms with Crippen molar-refractivity contribution < 1.29 is 14.3 Å². The molecule has 1 aliphatic heterocycles. The zero-order chi connectivity index (χ0) is 22.1. The van der Waals surface area contributed by atoms with Gasteiger partial charge in [-0.15, -0.1) is 0 Å². The Hall–Kier alpha value is -3.86. The van der Waals surface area contributed by atoms with Gasteiger partial charge in [0.1, 0.15) is 11.4 Å². The van der Waals surface area contributed by atoms with Crippen molar-refractivity contribution in [1.82, 2.24) is 0 Å². The Kier molecular flexibility index (Phi) is 5.34. The van der Waals surface area contributed by atoms with Gasteiger partial charge in [0, 0.05) is 5.69 Å². The van der Waals surface area contributed by atoms with Crippen molar-refractivity contribution in [3.8, 4) is 5.75 Å². The summed E-state index contributed by atoms with van der Waals surface area (Å²) in [4.78, 5) is 28.2. The highest BCUT2D eigenvalue weighted by Crippen LogP contribution is 2.37. The quantitative estimate of drug-likeness (QED) is 0.598. The first kappa shape index (κ1) is 20.4. The van der Waals surface area contributed by atoms with Crippen molar-refractivity contribution in [3.05, 3.63) is 94.7 Å². The summed E-state index contributed by atoms with van der Waals surface area (Å²) in [6, 6.07) is 20.5. The van der Waals surface area contributed by atoms with Crippen LogP contribution >= 0.6 is 0 Å². The molecule has 5 heteroatoms. The van der Waals surface area contributed by atoms with E-state index in [4.69, 9.17) is 4.74 Å². The number of methoxy groups -OCH3 is 1. The van der Waals surface area contributed by atoms with Crippen molar-refractivity contribution in [1.29, 1.82) is 0 Å². The number of imide groups is 1. The Balaban J connectivity index is 1.84. The summed E-state index contributed by atoms with van der Waals surface area (Å²) in [7, 11) is 1.52. The minimum atomic E-state index is -0.414. The van der Waals surface area contributed by atoms with E-state index in [0.717, 1.165) is 22.4 Å². The standard InChI is InChI=1S/C26H24N2O3/c1-16-9-12-19(13-10-16)23-24(27-20-14-11-17(2)18(3)15-20)26(30)28(25(23)29)21-7-5-6-8-22(21)31-4/h5-15,27H,1-4H3. The third-order valence-corrected chi connectivity index (χ3v) is 5.53. The average Bonchev–Trinajstić information content (AvgIpc) is 3.01. The average molecular weight is 412 g/mol. The monoisotopic (exact) mass is 412 g/mol. The fraction of sp³-hybridized carbons (Fsp3) is 0.154. The number of anilines is 2. The van der Waals surface area contributed by atoms with Gasteiger partial charge in [0.15, 0.2) is 0 Å². The summed E-state index contributed by atoms with van der Waals surface area (Å²) < 4.78 is 5.41. The molecule has 0 saturated heterocycles. The minimum absolute atomic E-state index is 0.253. The molecule has 0 unspecified atom stereocenters. The number of hydrogen-bond donors (Lipinski definition) is 1. The molecule has 3 aromatic rings. The van der Waals surface area contributed by atoms with Gasteiger partial charge in [0.2, 0.25) is 0 Å². The maximum Gasteiger partial charge on any atom is 0.282 e. The zero-order valence-electron chi connectivity index (χ0n) is 18.0. The number of rotatable bonds is 5. The van der Waals surface area contributed by atoms with Crippen LogP contribution in [0.25, 0.3) is 5.57 Å².